The number of carbonyl (C=O) groups is 1. The van der Waals surface area contributed by atoms with Crippen LogP contribution in [0.3, 0.4) is 0 Å². The zero-order valence-electron chi connectivity index (χ0n) is 11.5. The van der Waals surface area contributed by atoms with Gasteiger partial charge in [0.2, 0.25) is 0 Å². The molecule has 1 aliphatic heterocycles. The minimum Gasteiger partial charge on any atom is -0.481 e. The second-order valence-corrected chi connectivity index (χ2v) is 6.08. The second-order valence-electron chi connectivity index (χ2n) is 5.14. The van der Waals surface area contributed by atoms with Crippen LogP contribution in [-0.4, -0.2) is 33.5 Å². The maximum Gasteiger partial charge on any atom is 0.303 e. The van der Waals surface area contributed by atoms with E-state index in [1.807, 2.05) is 0 Å². The minimum atomic E-state index is -0.688. The van der Waals surface area contributed by atoms with Crippen LogP contribution in [0, 0.1) is 0 Å². The van der Waals surface area contributed by atoms with Gasteiger partial charge in [-0.25, -0.2) is 4.98 Å². The van der Waals surface area contributed by atoms with Crippen LogP contribution >= 0.6 is 11.3 Å². The van der Waals surface area contributed by atoms with Crippen molar-refractivity contribution < 1.29 is 9.90 Å². The lowest BCUT2D eigenvalue weighted by atomic mass is 9.98. The Morgan fingerprint density at radius 1 is 1.58 bits per heavy atom. The standard InChI is InChI=1S/C14H22N2O2S/c1-2-13-15-11(10-19-13)9-16-8-4-3-5-12(16)6-7-14(17)18/h10,12H,2-9H2,1H3,(H,17,18). The molecule has 1 N–H and O–H groups in total. The minimum absolute atomic E-state index is 0.276. The number of nitrogens with zero attached hydrogens (tertiary/aromatic N) is 2. The summed E-state index contributed by atoms with van der Waals surface area (Å²) < 4.78 is 0. The van der Waals surface area contributed by atoms with Gasteiger partial charge in [-0.1, -0.05) is 13.3 Å². The summed E-state index contributed by atoms with van der Waals surface area (Å²) in [6, 6.07) is 0.414. The molecule has 0 radical (unpaired) electrons. The Morgan fingerprint density at radius 2 is 2.42 bits per heavy atom. The average molecular weight is 282 g/mol. The molecule has 1 saturated heterocycles. The van der Waals surface area contributed by atoms with Crippen molar-refractivity contribution in [3.05, 3.63) is 16.1 Å². The molecular formula is C14H22N2O2S. The highest BCUT2D eigenvalue weighted by Crippen LogP contribution is 2.23. The molecule has 5 heteroatoms. The van der Waals surface area contributed by atoms with Crippen LogP contribution in [-0.2, 0) is 17.8 Å². The normalized spacial score (nSPS) is 20.6. The molecule has 0 saturated carbocycles. The topological polar surface area (TPSA) is 53.4 Å². The van der Waals surface area contributed by atoms with E-state index in [1.54, 1.807) is 11.3 Å². The molecule has 2 rings (SSSR count). The number of hydrogen-bond donors (Lipinski definition) is 1. The molecule has 0 aliphatic carbocycles. The van der Waals surface area contributed by atoms with Gasteiger partial charge in [0.15, 0.2) is 0 Å². The second kappa shape index (κ2) is 7.01. The number of aromatic nitrogens is 1. The highest BCUT2D eigenvalue weighted by atomic mass is 32.1. The van der Waals surface area contributed by atoms with Gasteiger partial charge in [-0.15, -0.1) is 11.3 Å². The maximum atomic E-state index is 10.7. The van der Waals surface area contributed by atoms with E-state index in [2.05, 4.69) is 22.2 Å². The fourth-order valence-corrected chi connectivity index (χ4v) is 3.41. The van der Waals surface area contributed by atoms with E-state index >= 15 is 0 Å². The number of piperidine rings is 1. The van der Waals surface area contributed by atoms with E-state index in [1.165, 1.54) is 17.8 Å². The Labute approximate surface area is 118 Å². The zero-order valence-corrected chi connectivity index (χ0v) is 12.3. The van der Waals surface area contributed by atoms with E-state index in [4.69, 9.17) is 5.11 Å². The number of aliphatic carboxylic acids is 1. The van der Waals surface area contributed by atoms with Crippen LogP contribution in [0.15, 0.2) is 5.38 Å². The highest BCUT2D eigenvalue weighted by Gasteiger charge is 2.23. The van der Waals surface area contributed by atoms with Gasteiger partial charge in [-0.3, -0.25) is 9.69 Å². The monoisotopic (exact) mass is 282 g/mol. The molecule has 19 heavy (non-hydrogen) atoms. The number of likely N-dealkylation sites (tertiary alicyclic amines) is 1. The number of thiazole rings is 1. The molecule has 0 spiro atoms. The van der Waals surface area contributed by atoms with E-state index < -0.39 is 5.97 Å². The summed E-state index contributed by atoms with van der Waals surface area (Å²) in [7, 11) is 0. The molecule has 1 aliphatic rings. The Morgan fingerprint density at radius 3 is 3.11 bits per heavy atom. The molecule has 1 unspecified atom stereocenters. The van der Waals surface area contributed by atoms with Crippen LogP contribution in [0.1, 0.15) is 49.7 Å². The Kier molecular flexibility index (Phi) is 5.34. The van der Waals surface area contributed by atoms with Crippen molar-refractivity contribution >= 4 is 17.3 Å². The molecule has 1 fully saturated rings. The summed E-state index contributed by atoms with van der Waals surface area (Å²) >= 11 is 1.73. The van der Waals surface area contributed by atoms with Gasteiger partial charge < -0.3 is 5.11 Å². The van der Waals surface area contributed by atoms with Gasteiger partial charge in [0.05, 0.1) is 10.7 Å². The van der Waals surface area contributed by atoms with Crippen molar-refractivity contribution in [2.75, 3.05) is 6.54 Å². The number of carboxylic acids is 1. The van der Waals surface area contributed by atoms with Gasteiger partial charge in [-0.05, 0) is 32.2 Å². The molecular weight excluding hydrogens is 260 g/mol. The van der Waals surface area contributed by atoms with Gasteiger partial charge in [0.25, 0.3) is 0 Å². The fraction of sp³-hybridized carbons (Fsp3) is 0.714. The van der Waals surface area contributed by atoms with Crippen molar-refractivity contribution in [1.29, 1.82) is 0 Å². The van der Waals surface area contributed by atoms with E-state index in [0.29, 0.717) is 6.04 Å². The Bertz CT molecular complexity index is 419. The summed E-state index contributed by atoms with van der Waals surface area (Å²) in [6.45, 7) is 4.07. The molecule has 1 aromatic rings. The van der Waals surface area contributed by atoms with Gasteiger partial charge in [0.1, 0.15) is 0 Å². The highest BCUT2D eigenvalue weighted by molar-refractivity contribution is 7.09. The molecule has 2 heterocycles. The third-order valence-corrected chi connectivity index (χ3v) is 4.75. The van der Waals surface area contributed by atoms with E-state index in [9.17, 15) is 4.79 Å². The van der Waals surface area contributed by atoms with Crippen LogP contribution in [0.25, 0.3) is 0 Å². The van der Waals surface area contributed by atoms with Crippen molar-refractivity contribution in [2.45, 2.75) is 58.0 Å². The van der Waals surface area contributed by atoms with Crippen LogP contribution in [0.4, 0.5) is 0 Å². The first-order valence-electron chi connectivity index (χ1n) is 7.08. The largest absolute Gasteiger partial charge is 0.481 e. The lowest BCUT2D eigenvalue weighted by Gasteiger charge is -2.35. The number of rotatable bonds is 6. The number of carboxylic acid groups (broad SMARTS) is 1. The van der Waals surface area contributed by atoms with E-state index in [0.717, 1.165) is 38.0 Å². The molecule has 1 aromatic heterocycles. The average Bonchev–Trinajstić information content (AvgIpc) is 2.85. The van der Waals surface area contributed by atoms with Gasteiger partial charge in [0, 0.05) is 24.4 Å². The lowest BCUT2D eigenvalue weighted by molar-refractivity contribution is -0.137. The van der Waals surface area contributed by atoms with Crippen LogP contribution < -0.4 is 0 Å². The quantitative estimate of drug-likeness (QED) is 0.871. The number of hydrogen-bond acceptors (Lipinski definition) is 4. The molecule has 0 aromatic carbocycles. The third kappa shape index (κ3) is 4.28. The SMILES string of the molecule is CCc1nc(CN2CCCCC2CCC(=O)O)cs1. The summed E-state index contributed by atoms with van der Waals surface area (Å²) in [5, 5.41) is 12.2. The van der Waals surface area contributed by atoms with Crippen LogP contribution in [0.2, 0.25) is 0 Å². The van der Waals surface area contributed by atoms with Crippen molar-refractivity contribution in [3.8, 4) is 0 Å². The number of aryl methyl sites for hydroxylation is 1. The molecule has 106 valence electrons. The van der Waals surface area contributed by atoms with Crippen molar-refractivity contribution in [1.82, 2.24) is 9.88 Å². The van der Waals surface area contributed by atoms with Gasteiger partial charge in [-0.2, -0.15) is 0 Å². The summed E-state index contributed by atoms with van der Waals surface area (Å²) in [5.41, 5.74) is 1.14. The smallest absolute Gasteiger partial charge is 0.303 e. The summed E-state index contributed by atoms with van der Waals surface area (Å²) in [4.78, 5) is 17.8. The van der Waals surface area contributed by atoms with Gasteiger partial charge >= 0.3 is 5.97 Å². The van der Waals surface area contributed by atoms with Crippen LogP contribution in [0.5, 0.6) is 0 Å². The molecule has 4 nitrogen and oxygen atoms in total. The van der Waals surface area contributed by atoms with Crippen molar-refractivity contribution in [3.63, 3.8) is 0 Å². The predicted octanol–water partition coefficient (Wildman–Crippen LogP) is 2.92. The molecule has 0 bridgehead atoms. The fourth-order valence-electron chi connectivity index (χ4n) is 2.68. The van der Waals surface area contributed by atoms with E-state index in [-0.39, 0.29) is 6.42 Å². The Hall–Kier alpha value is -0.940. The summed E-state index contributed by atoms with van der Waals surface area (Å²) in [6.07, 6.45) is 5.59. The zero-order chi connectivity index (χ0) is 13.7. The predicted molar refractivity (Wildman–Crippen MR) is 76.4 cm³/mol. The first-order chi connectivity index (χ1) is 9.19. The first kappa shape index (κ1) is 14.5. The first-order valence-corrected chi connectivity index (χ1v) is 7.96. The third-order valence-electron chi connectivity index (χ3n) is 3.71. The molecule has 0 amide bonds. The Balaban J connectivity index is 1.92. The molecule has 1 atom stereocenters. The van der Waals surface area contributed by atoms with Crippen molar-refractivity contribution in [2.24, 2.45) is 0 Å². The summed E-state index contributed by atoms with van der Waals surface area (Å²) in [5.74, 6) is -0.688. The lowest BCUT2D eigenvalue weighted by Crippen LogP contribution is -2.39. The maximum absolute atomic E-state index is 10.7.